The van der Waals surface area contributed by atoms with E-state index < -0.39 is 0 Å². The number of aliphatic hydroxyl groups is 1. The summed E-state index contributed by atoms with van der Waals surface area (Å²) in [4.78, 5) is 6.83. The molecular formula is C14H18N2O2S2. The maximum absolute atomic E-state index is 10.1. The predicted molar refractivity (Wildman–Crippen MR) is 83.6 cm³/mol. The fraction of sp³-hybridized carbons (Fsp3) is 0.500. The molecule has 0 saturated carbocycles. The monoisotopic (exact) mass is 310 g/mol. The molecule has 2 heterocycles. The number of hydrogen-bond donors (Lipinski definition) is 1. The van der Waals surface area contributed by atoms with E-state index in [4.69, 9.17) is 4.74 Å². The van der Waals surface area contributed by atoms with Crippen molar-refractivity contribution >= 4 is 33.3 Å². The Morgan fingerprint density at radius 1 is 1.35 bits per heavy atom. The van der Waals surface area contributed by atoms with E-state index in [9.17, 15) is 5.11 Å². The Bertz CT molecular complexity index is 522. The minimum absolute atomic E-state index is 0.315. The smallest absolute Gasteiger partial charge is 0.151 e. The summed E-state index contributed by atoms with van der Waals surface area (Å²) < 4.78 is 7.55. The van der Waals surface area contributed by atoms with Crippen LogP contribution in [0.2, 0.25) is 0 Å². The van der Waals surface area contributed by atoms with Crippen LogP contribution in [0.4, 0.5) is 0 Å². The molecule has 0 bridgehead atoms. The predicted octanol–water partition coefficient (Wildman–Crippen LogP) is 2.08. The number of para-hydroxylation sites is 1. The van der Waals surface area contributed by atoms with Crippen molar-refractivity contribution in [3.63, 3.8) is 0 Å². The third-order valence-electron chi connectivity index (χ3n) is 3.25. The Kier molecular flexibility index (Phi) is 4.90. The lowest BCUT2D eigenvalue weighted by Gasteiger charge is -2.28. The molecule has 6 heteroatoms. The summed E-state index contributed by atoms with van der Waals surface area (Å²) in [6.45, 7) is 4.11. The van der Waals surface area contributed by atoms with E-state index in [2.05, 4.69) is 16.0 Å². The molecule has 0 radical (unpaired) electrons. The number of thiazole rings is 1. The highest BCUT2D eigenvalue weighted by Crippen LogP contribution is 2.29. The van der Waals surface area contributed by atoms with Crippen LogP contribution in [-0.4, -0.2) is 59.7 Å². The minimum atomic E-state index is -0.315. The van der Waals surface area contributed by atoms with Gasteiger partial charge in [-0.05, 0) is 12.1 Å². The number of rotatable bonds is 5. The lowest BCUT2D eigenvalue weighted by Crippen LogP contribution is -2.41. The Labute approximate surface area is 126 Å². The molecule has 1 aliphatic heterocycles. The van der Waals surface area contributed by atoms with Crippen molar-refractivity contribution in [2.45, 2.75) is 10.4 Å². The van der Waals surface area contributed by atoms with Gasteiger partial charge in [-0.2, -0.15) is 0 Å². The van der Waals surface area contributed by atoms with Crippen molar-refractivity contribution in [2.24, 2.45) is 0 Å². The molecule has 3 rings (SSSR count). The number of fused-ring (bicyclic) bond motifs is 1. The van der Waals surface area contributed by atoms with Crippen molar-refractivity contribution in [3.05, 3.63) is 24.3 Å². The van der Waals surface area contributed by atoms with E-state index in [1.807, 2.05) is 18.2 Å². The molecule has 1 aromatic carbocycles. The summed E-state index contributed by atoms with van der Waals surface area (Å²) in [5.74, 6) is 0.692. The zero-order chi connectivity index (χ0) is 13.8. The van der Waals surface area contributed by atoms with Crippen LogP contribution in [0.1, 0.15) is 0 Å². The molecule has 1 aliphatic rings. The van der Waals surface area contributed by atoms with E-state index in [0.29, 0.717) is 5.75 Å². The van der Waals surface area contributed by atoms with Crippen molar-refractivity contribution in [1.82, 2.24) is 9.88 Å². The number of nitrogens with zero attached hydrogens (tertiary/aromatic N) is 2. The number of morpholine rings is 1. The fourth-order valence-corrected chi connectivity index (χ4v) is 4.22. The standard InChI is InChI=1S/C14H18N2O2S2/c17-11(9-16-5-7-18-8-6-16)10-19-14-15-12-3-1-2-4-13(12)20-14/h1-4,11,17H,5-10H2. The highest BCUT2D eigenvalue weighted by Gasteiger charge is 2.15. The molecule has 1 fully saturated rings. The van der Waals surface area contributed by atoms with Gasteiger partial charge in [-0.25, -0.2) is 4.98 Å². The molecule has 0 spiro atoms. The van der Waals surface area contributed by atoms with Crippen molar-refractivity contribution < 1.29 is 9.84 Å². The van der Waals surface area contributed by atoms with Gasteiger partial charge in [-0.1, -0.05) is 23.9 Å². The maximum Gasteiger partial charge on any atom is 0.151 e. The molecule has 1 N–H and O–H groups in total. The summed E-state index contributed by atoms with van der Waals surface area (Å²) >= 11 is 3.33. The van der Waals surface area contributed by atoms with Crippen LogP contribution in [0, 0.1) is 0 Å². The normalized spacial score (nSPS) is 18.4. The summed E-state index contributed by atoms with van der Waals surface area (Å²) in [5.41, 5.74) is 1.04. The van der Waals surface area contributed by atoms with Crippen LogP contribution >= 0.6 is 23.1 Å². The second-order valence-corrected chi connectivity index (χ2v) is 7.12. The largest absolute Gasteiger partial charge is 0.391 e. The average Bonchev–Trinajstić information content (AvgIpc) is 2.89. The average molecular weight is 310 g/mol. The van der Waals surface area contributed by atoms with Gasteiger partial charge in [0.1, 0.15) is 0 Å². The first-order chi connectivity index (χ1) is 9.81. The quantitative estimate of drug-likeness (QED) is 0.857. The van der Waals surface area contributed by atoms with E-state index >= 15 is 0 Å². The molecule has 2 aromatic rings. The molecule has 1 saturated heterocycles. The molecule has 4 nitrogen and oxygen atoms in total. The van der Waals surface area contributed by atoms with Gasteiger partial charge in [0.25, 0.3) is 0 Å². The molecule has 108 valence electrons. The minimum Gasteiger partial charge on any atom is -0.391 e. The number of ether oxygens (including phenoxy) is 1. The van der Waals surface area contributed by atoms with Gasteiger partial charge < -0.3 is 9.84 Å². The van der Waals surface area contributed by atoms with Crippen molar-refractivity contribution in [2.75, 3.05) is 38.6 Å². The summed E-state index contributed by atoms with van der Waals surface area (Å²) in [6, 6.07) is 8.15. The lowest BCUT2D eigenvalue weighted by atomic mass is 10.3. The molecule has 0 amide bonds. The SMILES string of the molecule is OC(CSc1nc2ccccc2s1)CN1CCOCC1. The van der Waals surface area contributed by atoms with Gasteiger partial charge in [0.2, 0.25) is 0 Å². The highest BCUT2D eigenvalue weighted by molar-refractivity contribution is 8.01. The number of aliphatic hydroxyl groups excluding tert-OH is 1. The first kappa shape index (κ1) is 14.3. The van der Waals surface area contributed by atoms with E-state index in [1.165, 1.54) is 4.70 Å². The van der Waals surface area contributed by atoms with E-state index in [0.717, 1.165) is 42.7 Å². The fourth-order valence-electron chi connectivity index (χ4n) is 2.21. The maximum atomic E-state index is 10.1. The first-order valence-electron chi connectivity index (χ1n) is 6.78. The topological polar surface area (TPSA) is 45.6 Å². The van der Waals surface area contributed by atoms with Crippen LogP contribution in [-0.2, 0) is 4.74 Å². The summed E-state index contributed by atoms with van der Waals surface area (Å²) in [5, 5.41) is 10.1. The molecular weight excluding hydrogens is 292 g/mol. The Morgan fingerprint density at radius 3 is 2.95 bits per heavy atom. The molecule has 1 aromatic heterocycles. The van der Waals surface area contributed by atoms with Crippen molar-refractivity contribution in [1.29, 1.82) is 0 Å². The van der Waals surface area contributed by atoms with Crippen LogP contribution in [0.3, 0.4) is 0 Å². The van der Waals surface area contributed by atoms with Crippen LogP contribution in [0.5, 0.6) is 0 Å². The number of thioether (sulfide) groups is 1. The van der Waals surface area contributed by atoms with Gasteiger partial charge in [-0.3, -0.25) is 4.90 Å². The second-order valence-electron chi connectivity index (χ2n) is 4.83. The zero-order valence-electron chi connectivity index (χ0n) is 11.2. The molecule has 0 aliphatic carbocycles. The Morgan fingerprint density at radius 2 is 2.15 bits per heavy atom. The van der Waals surface area contributed by atoms with Crippen molar-refractivity contribution in [3.8, 4) is 0 Å². The highest BCUT2D eigenvalue weighted by atomic mass is 32.2. The van der Waals surface area contributed by atoms with Gasteiger partial charge >= 0.3 is 0 Å². The third kappa shape index (κ3) is 3.71. The third-order valence-corrected chi connectivity index (χ3v) is 5.57. The number of hydrogen-bond acceptors (Lipinski definition) is 6. The van der Waals surface area contributed by atoms with Crippen LogP contribution in [0.15, 0.2) is 28.6 Å². The molecule has 1 unspecified atom stereocenters. The van der Waals surface area contributed by atoms with E-state index in [1.54, 1.807) is 23.1 Å². The summed E-state index contributed by atoms with van der Waals surface area (Å²) in [6.07, 6.45) is -0.315. The van der Waals surface area contributed by atoms with E-state index in [-0.39, 0.29) is 6.10 Å². The van der Waals surface area contributed by atoms with Crippen LogP contribution < -0.4 is 0 Å². The number of β-amino-alcohol motifs (C(OH)–C–C–N with tert-alkyl or cyclic N) is 1. The van der Waals surface area contributed by atoms with Gasteiger partial charge in [-0.15, -0.1) is 11.3 Å². The zero-order valence-corrected chi connectivity index (χ0v) is 12.8. The van der Waals surface area contributed by atoms with Gasteiger partial charge in [0.05, 0.1) is 29.5 Å². The van der Waals surface area contributed by atoms with Gasteiger partial charge in [0.15, 0.2) is 4.34 Å². The number of aromatic nitrogens is 1. The second kappa shape index (κ2) is 6.87. The molecule has 1 atom stereocenters. The summed E-state index contributed by atoms with van der Waals surface area (Å²) in [7, 11) is 0. The lowest BCUT2D eigenvalue weighted by molar-refractivity contribution is 0.0188. The molecule has 20 heavy (non-hydrogen) atoms. The first-order valence-corrected chi connectivity index (χ1v) is 8.58. The number of benzene rings is 1. The Hall–Kier alpha value is -0.660. The van der Waals surface area contributed by atoms with Crippen LogP contribution in [0.25, 0.3) is 10.2 Å². The Balaban J connectivity index is 1.50. The van der Waals surface area contributed by atoms with Gasteiger partial charge in [0, 0.05) is 25.4 Å².